The first-order chi connectivity index (χ1) is 9.61. The Kier molecular flexibility index (Phi) is 3.76. The molecule has 0 spiro atoms. The third-order valence-electron chi connectivity index (χ3n) is 3.49. The van der Waals surface area contributed by atoms with Gasteiger partial charge in [0.25, 0.3) is 5.91 Å². The number of fused-ring (bicyclic) bond motifs is 1. The van der Waals surface area contributed by atoms with Crippen molar-refractivity contribution in [1.29, 1.82) is 0 Å². The topological polar surface area (TPSA) is 42.0 Å². The molecule has 1 aromatic carbocycles. The van der Waals surface area contributed by atoms with E-state index in [0.717, 1.165) is 18.5 Å². The normalized spacial score (nSPS) is 17.6. The van der Waals surface area contributed by atoms with E-state index >= 15 is 0 Å². The van der Waals surface area contributed by atoms with Gasteiger partial charge in [-0.1, -0.05) is 24.6 Å². The fourth-order valence-electron chi connectivity index (χ4n) is 2.39. The number of aromatic nitrogens is 1. The van der Waals surface area contributed by atoms with Gasteiger partial charge < -0.3 is 0 Å². The Morgan fingerprint density at radius 3 is 3.15 bits per heavy atom. The van der Waals surface area contributed by atoms with Crippen molar-refractivity contribution in [1.82, 2.24) is 4.98 Å². The number of carbonyl (C=O) groups is 1. The highest BCUT2D eigenvalue weighted by atomic mass is 35.5. The van der Waals surface area contributed by atoms with Gasteiger partial charge >= 0.3 is 0 Å². The van der Waals surface area contributed by atoms with Crippen LogP contribution in [0.3, 0.4) is 0 Å². The number of amides is 1. The Morgan fingerprint density at radius 1 is 1.50 bits per heavy atom. The van der Waals surface area contributed by atoms with Crippen molar-refractivity contribution in [3.05, 3.63) is 45.4 Å². The highest BCUT2D eigenvalue weighted by Crippen LogP contribution is 2.32. The number of halogens is 1. The molecule has 1 atom stereocenters. The predicted molar refractivity (Wildman–Crippen MR) is 82.7 cm³/mol. The summed E-state index contributed by atoms with van der Waals surface area (Å²) < 4.78 is 0. The molecule has 0 saturated heterocycles. The average molecular weight is 307 g/mol. The van der Waals surface area contributed by atoms with E-state index in [9.17, 15) is 4.79 Å². The van der Waals surface area contributed by atoms with Crippen LogP contribution in [0.1, 0.15) is 34.3 Å². The summed E-state index contributed by atoms with van der Waals surface area (Å²) in [6, 6.07) is 6.93. The number of anilines is 1. The van der Waals surface area contributed by atoms with Gasteiger partial charge in [-0.25, -0.2) is 4.98 Å². The lowest BCUT2D eigenvalue weighted by molar-refractivity contribution is 0.102. The van der Waals surface area contributed by atoms with Crippen molar-refractivity contribution in [2.75, 3.05) is 5.32 Å². The van der Waals surface area contributed by atoms with Crippen LogP contribution in [0.4, 0.5) is 5.13 Å². The molecule has 3 nitrogen and oxygen atoms in total. The molecule has 1 aliphatic carbocycles. The molecule has 1 amide bonds. The first-order valence-corrected chi connectivity index (χ1v) is 7.87. The maximum atomic E-state index is 12.1. The minimum atomic E-state index is -0.161. The van der Waals surface area contributed by atoms with E-state index in [1.165, 1.54) is 11.3 Å². The van der Waals surface area contributed by atoms with E-state index < -0.39 is 0 Å². The number of nitrogens with one attached hydrogen (secondary N) is 1. The van der Waals surface area contributed by atoms with Crippen LogP contribution in [0.5, 0.6) is 0 Å². The van der Waals surface area contributed by atoms with Crippen LogP contribution < -0.4 is 5.32 Å². The van der Waals surface area contributed by atoms with Crippen LogP contribution in [-0.4, -0.2) is 10.9 Å². The second kappa shape index (κ2) is 5.54. The molecule has 0 radical (unpaired) electrons. The van der Waals surface area contributed by atoms with Crippen molar-refractivity contribution in [3.8, 4) is 0 Å². The molecule has 0 saturated carbocycles. The van der Waals surface area contributed by atoms with E-state index in [1.54, 1.807) is 35.6 Å². The molecule has 0 fully saturated rings. The molecular weight excluding hydrogens is 292 g/mol. The molecule has 3 rings (SSSR count). The molecule has 104 valence electrons. The van der Waals surface area contributed by atoms with Crippen LogP contribution in [-0.2, 0) is 12.8 Å². The van der Waals surface area contributed by atoms with Crippen LogP contribution >= 0.6 is 22.9 Å². The lowest BCUT2D eigenvalue weighted by Crippen LogP contribution is -2.11. The molecule has 2 aromatic rings. The number of hydrogen-bond donors (Lipinski definition) is 1. The standard InChI is InChI=1S/C15H15ClN2OS/c1-9-5-6-12-13(7-9)20-15(17-12)18-14(19)10-3-2-4-11(16)8-10/h2-4,8-9H,5-7H2,1H3,(H,17,18,19)/t9-/m1/s1. The van der Waals surface area contributed by atoms with E-state index in [2.05, 4.69) is 17.2 Å². The molecular formula is C15H15ClN2OS. The minimum Gasteiger partial charge on any atom is -0.298 e. The maximum absolute atomic E-state index is 12.1. The van der Waals surface area contributed by atoms with E-state index in [-0.39, 0.29) is 5.91 Å². The number of thiazole rings is 1. The van der Waals surface area contributed by atoms with Crippen molar-refractivity contribution in [2.24, 2.45) is 5.92 Å². The van der Waals surface area contributed by atoms with Crippen LogP contribution in [0.2, 0.25) is 5.02 Å². The molecule has 5 heteroatoms. The van der Waals surface area contributed by atoms with E-state index in [0.29, 0.717) is 21.6 Å². The number of rotatable bonds is 2. The fraction of sp³-hybridized carbons (Fsp3) is 0.333. The monoisotopic (exact) mass is 306 g/mol. The zero-order valence-electron chi connectivity index (χ0n) is 11.1. The molecule has 1 aliphatic rings. The van der Waals surface area contributed by atoms with Gasteiger partial charge in [0.15, 0.2) is 5.13 Å². The minimum absolute atomic E-state index is 0.161. The number of hydrogen-bond acceptors (Lipinski definition) is 3. The van der Waals surface area contributed by atoms with Gasteiger partial charge in [-0.2, -0.15) is 0 Å². The molecule has 20 heavy (non-hydrogen) atoms. The van der Waals surface area contributed by atoms with Crippen molar-refractivity contribution >= 4 is 34.0 Å². The fourth-order valence-corrected chi connectivity index (χ4v) is 3.75. The van der Waals surface area contributed by atoms with Crippen LogP contribution in [0.25, 0.3) is 0 Å². The zero-order valence-corrected chi connectivity index (χ0v) is 12.7. The van der Waals surface area contributed by atoms with Gasteiger partial charge in [0.05, 0.1) is 5.69 Å². The van der Waals surface area contributed by atoms with Gasteiger partial charge in [-0.05, 0) is 43.4 Å². The number of aryl methyl sites for hydroxylation is 1. The predicted octanol–water partition coefficient (Wildman–Crippen LogP) is 4.17. The summed E-state index contributed by atoms with van der Waals surface area (Å²) in [5, 5.41) is 4.12. The first-order valence-electron chi connectivity index (χ1n) is 6.67. The highest BCUT2D eigenvalue weighted by molar-refractivity contribution is 7.15. The Balaban J connectivity index is 1.77. The van der Waals surface area contributed by atoms with Gasteiger partial charge in [-0.3, -0.25) is 10.1 Å². The molecule has 1 N–H and O–H groups in total. The SMILES string of the molecule is C[C@@H]1CCc2nc(NC(=O)c3cccc(Cl)c3)sc2C1. The van der Waals surface area contributed by atoms with Crippen LogP contribution in [0, 0.1) is 5.92 Å². The summed E-state index contributed by atoms with van der Waals surface area (Å²) in [5.74, 6) is 0.547. The second-order valence-electron chi connectivity index (χ2n) is 5.20. The third-order valence-corrected chi connectivity index (χ3v) is 4.76. The summed E-state index contributed by atoms with van der Waals surface area (Å²) in [6.07, 6.45) is 3.26. The number of nitrogens with zero attached hydrogens (tertiary/aromatic N) is 1. The molecule has 1 heterocycles. The molecule has 0 unspecified atom stereocenters. The van der Waals surface area contributed by atoms with Gasteiger partial charge in [0.2, 0.25) is 0 Å². The lowest BCUT2D eigenvalue weighted by atomic mass is 9.93. The van der Waals surface area contributed by atoms with Gasteiger partial charge in [0.1, 0.15) is 0 Å². The van der Waals surface area contributed by atoms with Crippen LogP contribution in [0.15, 0.2) is 24.3 Å². The average Bonchev–Trinajstić information content (AvgIpc) is 2.80. The van der Waals surface area contributed by atoms with Crippen molar-refractivity contribution < 1.29 is 4.79 Å². The Hall–Kier alpha value is -1.39. The largest absolute Gasteiger partial charge is 0.298 e. The quantitative estimate of drug-likeness (QED) is 0.904. The van der Waals surface area contributed by atoms with Crippen molar-refractivity contribution in [2.45, 2.75) is 26.2 Å². The highest BCUT2D eigenvalue weighted by Gasteiger charge is 2.20. The van der Waals surface area contributed by atoms with E-state index in [4.69, 9.17) is 11.6 Å². The summed E-state index contributed by atoms with van der Waals surface area (Å²) in [4.78, 5) is 18.0. The Labute approximate surface area is 127 Å². The summed E-state index contributed by atoms with van der Waals surface area (Å²) in [7, 11) is 0. The lowest BCUT2D eigenvalue weighted by Gasteiger charge is -2.15. The smallest absolute Gasteiger partial charge is 0.257 e. The maximum Gasteiger partial charge on any atom is 0.257 e. The first kappa shape index (κ1) is 13.6. The van der Waals surface area contributed by atoms with Gasteiger partial charge in [0, 0.05) is 15.5 Å². The number of benzene rings is 1. The zero-order chi connectivity index (χ0) is 14.1. The molecule has 1 aromatic heterocycles. The van der Waals surface area contributed by atoms with E-state index in [1.807, 2.05) is 0 Å². The third kappa shape index (κ3) is 2.86. The Bertz CT molecular complexity index is 653. The Morgan fingerprint density at radius 2 is 2.35 bits per heavy atom. The molecule has 0 aliphatic heterocycles. The second-order valence-corrected chi connectivity index (χ2v) is 6.72. The molecule has 0 bridgehead atoms. The van der Waals surface area contributed by atoms with Crippen molar-refractivity contribution in [3.63, 3.8) is 0 Å². The van der Waals surface area contributed by atoms with Gasteiger partial charge in [-0.15, -0.1) is 11.3 Å². The number of carbonyl (C=O) groups excluding carboxylic acids is 1. The summed E-state index contributed by atoms with van der Waals surface area (Å²) >= 11 is 7.49. The summed E-state index contributed by atoms with van der Waals surface area (Å²) in [5.41, 5.74) is 1.70. The summed E-state index contributed by atoms with van der Waals surface area (Å²) in [6.45, 7) is 2.26.